The Morgan fingerprint density at radius 2 is 0.689 bits per heavy atom. The Morgan fingerprint density at radius 1 is 0.356 bits per heavy atom. The van der Waals surface area contributed by atoms with E-state index >= 15 is 0 Å². The number of morpholine rings is 5. The first-order chi connectivity index (χ1) is 64.6. The maximum absolute atomic E-state index is 13.2. The number of carbonyl (C=O) groups is 1. The van der Waals surface area contributed by atoms with Gasteiger partial charge in [0.05, 0.1) is 140 Å². The molecule has 680 valence electrons. The summed E-state index contributed by atoms with van der Waals surface area (Å²) in [6.07, 6.45) is 18.1. The van der Waals surface area contributed by atoms with Gasteiger partial charge in [0.1, 0.15) is 28.2 Å². The minimum atomic E-state index is -4.40. The number of nitrogens with zero attached hydrogens (tertiary/aromatic N) is 19. The van der Waals surface area contributed by atoms with Gasteiger partial charge < -0.3 is 55.7 Å². The fourth-order valence-corrected chi connectivity index (χ4v) is 17.8. The van der Waals surface area contributed by atoms with Crippen molar-refractivity contribution in [2.45, 2.75) is 71.5 Å². The average Bonchev–Trinajstić information content (AvgIpc) is 1.64. The molecule has 22 rings (SSSR count). The third-order valence-electron chi connectivity index (χ3n) is 24.7. The van der Waals surface area contributed by atoms with Crippen LogP contribution in [0.2, 0.25) is 5.02 Å². The van der Waals surface area contributed by atoms with Crippen molar-refractivity contribution in [1.82, 2.24) is 86.4 Å². The number of aromatic nitrogens is 13. The van der Waals surface area contributed by atoms with Crippen molar-refractivity contribution in [3.05, 3.63) is 300 Å². The van der Waals surface area contributed by atoms with E-state index < -0.39 is 17.7 Å². The lowest BCUT2D eigenvalue weighted by Gasteiger charge is -2.27. The summed E-state index contributed by atoms with van der Waals surface area (Å²) in [5.41, 5.74) is 23.9. The van der Waals surface area contributed by atoms with Gasteiger partial charge in [0.2, 0.25) is 0 Å². The zero-order valence-electron chi connectivity index (χ0n) is 74.2. The molecule has 13 aromatic heterocycles. The van der Waals surface area contributed by atoms with Crippen LogP contribution in [0.1, 0.15) is 82.7 Å². The molecule has 26 nitrogen and oxygen atoms in total. The third-order valence-corrected chi connectivity index (χ3v) is 25.0. The molecule has 30 heteroatoms. The van der Waals surface area contributed by atoms with E-state index in [4.69, 9.17) is 55.2 Å². The molecule has 0 unspecified atom stereocenters. The van der Waals surface area contributed by atoms with Crippen LogP contribution in [0.25, 0.3) is 95.5 Å². The van der Waals surface area contributed by atoms with Crippen molar-refractivity contribution in [3.8, 4) is 67.3 Å². The number of anilines is 1. The summed E-state index contributed by atoms with van der Waals surface area (Å²) in [4.78, 5) is 62.4. The van der Waals surface area contributed by atoms with Crippen molar-refractivity contribution >= 4 is 51.5 Å². The van der Waals surface area contributed by atoms with E-state index in [9.17, 15) is 23.1 Å². The Balaban J connectivity index is 0.000000111. The van der Waals surface area contributed by atoms with E-state index in [1.165, 1.54) is 69.6 Å². The molecule has 0 saturated carbocycles. The van der Waals surface area contributed by atoms with Gasteiger partial charge in [-0.1, -0.05) is 98.2 Å². The highest BCUT2D eigenvalue weighted by Gasteiger charge is 2.33. The second kappa shape index (κ2) is 42.4. The van der Waals surface area contributed by atoms with Crippen molar-refractivity contribution < 1.29 is 46.8 Å². The van der Waals surface area contributed by atoms with Crippen molar-refractivity contribution in [3.63, 3.8) is 0 Å². The topological polar surface area (TPSA) is 228 Å². The van der Waals surface area contributed by atoms with Crippen LogP contribution < -0.4 is 4.90 Å². The quantitative estimate of drug-likeness (QED) is 0.0793. The fourth-order valence-electron chi connectivity index (χ4n) is 17.7. The molecule has 0 aliphatic carbocycles. The standard InChI is InChI=1S/C23H22N4O.C22H25ClN4O.C21H25N3O.C18H17F3N4O.C18H18N4O3/c1-2-5-18(6-3-1)20-8-9-22-25-23(19-7-4-10-24-15-19)21(27(22)16-20)17-26-11-13-28-14-12-26;23-18-5-3-17(4-6-18)22-20(16-25-11-13-28-14-12-25)27-15-19(7-8-21(27)24-22)26-9-1-2-10-26;1-16(2)21-19(15-23-10-12-25-13-11-23)24-14-18(8-9-20(24)22-21)17-6-4-3-5-7-17;19-18(20,21)14-3-4-16-23-17(13-2-1-5-22-10-13)15(25(16)11-14)12-24-6-8-26-9-7-24;23-18(24)14-3-4-16-20-17(13-2-1-5-19-10-13)15(22(16)11-14)12-21-6-8-25-9-7-21/h1-10,15-16H,11-14,17H2;3-8,15H,1-2,9-14,16H2;3-9,14,16H,10-13,15H2,1-2H3;1-5,10-11H,6-9,12H2;1-5,10-11H,6-9,12H2,(H,23,24). The molecule has 0 radical (unpaired) electrons. The first-order valence-electron chi connectivity index (χ1n) is 45.3. The molecule has 1 N–H and O–H groups in total. The molecule has 19 heterocycles. The van der Waals surface area contributed by atoms with Gasteiger partial charge in [0.15, 0.2) is 0 Å². The molecule has 6 aliphatic heterocycles. The Bertz CT molecular complexity index is 6510. The van der Waals surface area contributed by atoms with Crippen molar-refractivity contribution in [2.75, 3.05) is 150 Å². The van der Waals surface area contributed by atoms with Crippen molar-refractivity contribution in [1.29, 1.82) is 0 Å². The zero-order valence-corrected chi connectivity index (χ0v) is 74.9. The van der Waals surface area contributed by atoms with Crippen LogP contribution in [-0.4, -0.2) is 242 Å². The van der Waals surface area contributed by atoms with Crippen LogP contribution in [0.5, 0.6) is 0 Å². The highest BCUT2D eigenvalue weighted by molar-refractivity contribution is 6.30. The highest BCUT2D eigenvalue weighted by Crippen LogP contribution is 2.37. The fraction of sp³-hybridized carbons (Fsp3) is 0.324. The number of carboxylic acid groups (broad SMARTS) is 1. The largest absolute Gasteiger partial charge is 0.478 e. The SMILES string of the molecule is CC(C)c1nc2ccc(-c3ccccc3)cn2c1CN1CCOCC1.Clc1ccc(-c2nc3ccc(N4CCCC4)cn3c2CN2CCOCC2)cc1.FC(F)(F)c1ccc2nc(-c3cccnc3)c(CN3CCOCC3)n2c1.O=C(O)c1ccc2nc(-c3cccnc3)c(CN3CCOCC3)n2c1.c1ccc(-c2ccc3nc(-c4cccnc4)c(CN4CCOCC4)n3c2)cc1. The first kappa shape index (κ1) is 90.1. The van der Waals surface area contributed by atoms with Gasteiger partial charge in [0, 0.05) is 207 Å². The van der Waals surface area contributed by atoms with E-state index in [1.54, 1.807) is 59.8 Å². The molecule has 0 atom stereocenters. The Kier molecular flexibility index (Phi) is 28.9. The van der Waals surface area contributed by atoms with E-state index in [1.807, 2.05) is 53.1 Å². The molecule has 0 bridgehead atoms. The maximum atomic E-state index is 13.2. The van der Waals surface area contributed by atoms with Gasteiger partial charge in [0.25, 0.3) is 0 Å². The molecule has 3 aromatic carbocycles. The van der Waals surface area contributed by atoms with Gasteiger partial charge in [-0.2, -0.15) is 13.2 Å². The lowest BCUT2D eigenvalue weighted by molar-refractivity contribution is -0.137. The van der Waals surface area contributed by atoms with Crippen LogP contribution in [0.3, 0.4) is 0 Å². The average molecular weight is 1800 g/mol. The molecule has 6 fully saturated rings. The molecular formula is C102H107ClF3N19O7. The van der Waals surface area contributed by atoms with E-state index in [0.29, 0.717) is 56.8 Å². The second-order valence-corrected chi connectivity index (χ2v) is 34.3. The van der Waals surface area contributed by atoms with Gasteiger partial charge in [-0.05, 0) is 150 Å². The van der Waals surface area contributed by atoms with Gasteiger partial charge in [-0.3, -0.25) is 39.5 Å². The summed E-state index contributed by atoms with van der Waals surface area (Å²) in [7, 11) is 0. The number of alkyl halides is 3. The molecular weight excluding hydrogens is 1700 g/mol. The van der Waals surface area contributed by atoms with Gasteiger partial charge in [-0.15, -0.1) is 0 Å². The minimum Gasteiger partial charge on any atom is -0.478 e. The number of benzene rings is 3. The molecule has 6 aliphatic rings. The number of hydrogen-bond acceptors (Lipinski definition) is 20. The number of pyridine rings is 8. The summed E-state index contributed by atoms with van der Waals surface area (Å²) in [6.45, 7) is 26.9. The summed E-state index contributed by atoms with van der Waals surface area (Å²) in [6, 6.07) is 59.3. The summed E-state index contributed by atoms with van der Waals surface area (Å²) in [5.74, 6) is -0.535. The molecule has 0 amide bonds. The normalized spacial score (nSPS) is 16.2. The third kappa shape index (κ3) is 21.6. The minimum absolute atomic E-state index is 0.242. The smallest absolute Gasteiger partial charge is 0.417 e. The molecule has 16 aromatic rings. The molecule has 6 saturated heterocycles. The van der Waals surface area contributed by atoms with Crippen molar-refractivity contribution in [2.24, 2.45) is 0 Å². The first-order valence-corrected chi connectivity index (χ1v) is 45.7. The Labute approximate surface area is 769 Å². The number of aromatic carboxylic acids is 1. The summed E-state index contributed by atoms with van der Waals surface area (Å²) in [5, 5.41) is 10.1. The number of ether oxygens (including phenoxy) is 5. The highest BCUT2D eigenvalue weighted by atomic mass is 35.5. The van der Waals surface area contributed by atoms with Crippen LogP contribution in [0.15, 0.2) is 250 Å². The zero-order chi connectivity index (χ0) is 90.3. The van der Waals surface area contributed by atoms with Crippen LogP contribution in [0, 0.1) is 0 Å². The van der Waals surface area contributed by atoms with Crippen LogP contribution >= 0.6 is 11.6 Å². The maximum Gasteiger partial charge on any atom is 0.417 e. The monoisotopic (exact) mass is 1800 g/mol. The van der Waals surface area contributed by atoms with Gasteiger partial charge >= 0.3 is 12.1 Å². The number of halogens is 4. The predicted octanol–water partition coefficient (Wildman–Crippen LogP) is 17.1. The van der Waals surface area contributed by atoms with E-state index in [0.717, 1.165) is 228 Å². The Hall–Kier alpha value is -12.5. The number of rotatable bonds is 19. The summed E-state index contributed by atoms with van der Waals surface area (Å²) >= 11 is 6.11. The second-order valence-electron chi connectivity index (χ2n) is 33.8. The van der Waals surface area contributed by atoms with Crippen LogP contribution in [-0.2, 0) is 62.6 Å². The number of hydrogen-bond donors (Lipinski definition) is 1. The lowest BCUT2D eigenvalue weighted by atomic mass is 10.1. The molecule has 0 spiro atoms. The Morgan fingerprint density at radius 3 is 1.08 bits per heavy atom. The van der Waals surface area contributed by atoms with E-state index in [-0.39, 0.29) is 5.56 Å². The van der Waals surface area contributed by atoms with E-state index in [2.05, 4.69) is 204 Å². The van der Waals surface area contributed by atoms with Gasteiger partial charge in [-0.25, -0.2) is 29.7 Å². The molecule has 132 heavy (non-hydrogen) atoms. The summed E-state index contributed by atoms with van der Waals surface area (Å²) < 4.78 is 77.1. The predicted molar refractivity (Wildman–Crippen MR) is 505 cm³/mol. The lowest BCUT2D eigenvalue weighted by Crippen LogP contribution is -2.36. The van der Waals surface area contributed by atoms with Crippen LogP contribution in [0.4, 0.5) is 18.9 Å². The number of fused-ring (bicyclic) bond motifs is 5. The number of imidazole rings is 5. The number of carboxylic acids is 1.